The summed E-state index contributed by atoms with van der Waals surface area (Å²) in [5.41, 5.74) is 5.03. The number of Topliss-reactive ketones (excluding diaryl/α,β-unsaturated/α-hetero) is 1. The van der Waals surface area contributed by atoms with Gasteiger partial charge in [-0.15, -0.1) is 12.6 Å². The molecule has 1 aliphatic carbocycles. The number of aromatic nitrogens is 1. The van der Waals surface area contributed by atoms with Crippen LogP contribution < -0.4 is 10.1 Å². The van der Waals surface area contributed by atoms with Crippen molar-refractivity contribution in [3.63, 3.8) is 0 Å². The van der Waals surface area contributed by atoms with Gasteiger partial charge in [0.05, 0.1) is 11.7 Å². The predicted molar refractivity (Wildman–Crippen MR) is 152 cm³/mol. The number of nitrogens with one attached hydrogen (secondary N) is 1. The number of ketones is 1. The van der Waals surface area contributed by atoms with Gasteiger partial charge in [0.25, 0.3) is 0 Å². The Morgan fingerprint density at radius 1 is 1.05 bits per heavy atom. The van der Waals surface area contributed by atoms with E-state index in [1.807, 2.05) is 53.2 Å². The molecule has 3 unspecified atom stereocenters. The minimum atomic E-state index is -1.08. The number of benzene rings is 2. The summed E-state index contributed by atoms with van der Waals surface area (Å²) >= 11 is 12.9. The van der Waals surface area contributed by atoms with Crippen LogP contribution >= 0.6 is 35.6 Å². The second-order valence-electron chi connectivity index (χ2n) is 9.64. The Balaban J connectivity index is 1.42. The largest absolute Gasteiger partial charge is 0.469 e. The molecule has 1 saturated heterocycles. The maximum absolute atomic E-state index is 13.4. The quantitative estimate of drug-likeness (QED) is 0.201. The van der Waals surface area contributed by atoms with Crippen LogP contribution in [-0.4, -0.2) is 16.7 Å². The van der Waals surface area contributed by atoms with Gasteiger partial charge in [0.15, 0.2) is 5.78 Å². The summed E-state index contributed by atoms with van der Waals surface area (Å²) in [6.45, 7) is 0. The molecular weight excluding hydrogens is 536 g/mol. The van der Waals surface area contributed by atoms with Crippen LogP contribution in [0, 0.1) is 0 Å². The lowest BCUT2D eigenvalue weighted by Gasteiger charge is -2.30. The highest BCUT2D eigenvalue weighted by Crippen LogP contribution is 2.42. The number of thiophene rings is 1. The molecule has 4 aromatic rings. The molecule has 3 heterocycles. The van der Waals surface area contributed by atoms with E-state index in [4.69, 9.17) is 34.0 Å². The molecule has 3 atom stereocenters. The number of rotatable bonds is 5. The van der Waals surface area contributed by atoms with E-state index in [-0.39, 0.29) is 36.0 Å². The SMILES string of the molecule is O=C1CC(c2ccsc2)NC(=O)C1c1nc(OC2CCCc3ccccc32)cc(-c2ccccc2Cl)c1S. The highest BCUT2D eigenvalue weighted by Gasteiger charge is 2.40. The van der Waals surface area contributed by atoms with Crippen molar-refractivity contribution in [1.82, 2.24) is 10.3 Å². The number of hydrogen-bond acceptors (Lipinski definition) is 6. The zero-order valence-corrected chi connectivity index (χ0v) is 22.9. The summed E-state index contributed by atoms with van der Waals surface area (Å²) in [5.74, 6) is -1.32. The van der Waals surface area contributed by atoms with E-state index in [0.717, 1.165) is 36.0 Å². The van der Waals surface area contributed by atoms with Gasteiger partial charge >= 0.3 is 0 Å². The number of ether oxygens (including phenoxy) is 1. The Kier molecular flexibility index (Phi) is 6.99. The topological polar surface area (TPSA) is 68.3 Å². The molecule has 0 bridgehead atoms. The van der Waals surface area contributed by atoms with E-state index in [2.05, 4.69) is 17.4 Å². The van der Waals surface area contributed by atoms with Crippen LogP contribution in [0.25, 0.3) is 11.1 Å². The molecule has 1 amide bonds. The van der Waals surface area contributed by atoms with E-state index < -0.39 is 5.92 Å². The molecule has 1 aliphatic heterocycles. The van der Waals surface area contributed by atoms with Crippen molar-refractivity contribution in [1.29, 1.82) is 0 Å². The van der Waals surface area contributed by atoms with Crippen LogP contribution in [-0.2, 0) is 16.0 Å². The van der Waals surface area contributed by atoms with Crippen molar-refractivity contribution < 1.29 is 14.3 Å². The number of carbonyl (C=O) groups is 2. The highest BCUT2D eigenvalue weighted by atomic mass is 35.5. The average Bonchev–Trinajstić information content (AvgIpc) is 3.46. The number of aryl methyl sites for hydroxylation is 1. The van der Waals surface area contributed by atoms with Gasteiger partial charge in [-0.2, -0.15) is 11.3 Å². The van der Waals surface area contributed by atoms with Gasteiger partial charge in [-0.05, 0) is 58.8 Å². The number of hydrogen-bond donors (Lipinski definition) is 2. The molecular formula is C30H25ClN2O3S2. The maximum atomic E-state index is 13.4. The molecule has 0 radical (unpaired) electrons. The molecule has 2 aliphatic rings. The van der Waals surface area contributed by atoms with E-state index >= 15 is 0 Å². The second kappa shape index (κ2) is 10.6. The van der Waals surface area contributed by atoms with Gasteiger partial charge in [0.1, 0.15) is 12.0 Å². The van der Waals surface area contributed by atoms with Crippen LogP contribution in [0.4, 0.5) is 0 Å². The normalized spacial score (nSPS) is 21.1. The fourth-order valence-corrected chi connectivity index (χ4v) is 6.70. The molecule has 1 N–H and O–H groups in total. The fourth-order valence-electron chi connectivity index (χ4n) is 5.38. The molecule has 1 fully saturated rings. The summed E-state index contributed by atoms with van der Waals surface area (Å²) in [4.78, 5) is 32.0. The molecule has 8 heteroatoms. The average molecular weight is 561 g/mol. The first-order valence-corrected chi connectivity index (χ1v) is 14.3. The van der Waals surface area contributed by atoms with Crippen LogP contribution in [0.5, 0.6) is 5.88 Å². The monoisotopic (exact) mass is 560 g/mol. The van der Waals surface area contributed by atoms with Crippen molar-refractivity contribution in [2.24, 2.45) is 0 Å². The third kappa shape index (κ3) is 4.75. The maximum Gasteiger partial charge on any atom is 0.237 e. The highest BCUT2D eigenvalue weighted by molar-refractivity contribution is 7.80. The first-order valence-electron chi connectivity index (χ1n) is 12.6. The molecule has 0 spiro atoms. The van der Waals surface area contributed by atoms with Gasteiger partial charge in [-0.25, -0.2) is 4.98 Å². The van der Waals surface area contributed by atoms with Crippen LogP contribution in [0.2, 0.25) is 5.02 Å². The molecule has 2 aromatic carbocycles. The van der Waals surface area contributed by atoms with Gasteiger partial charge < -0.3 is 10.1 Å². The molecule has 2 aromatic heterocycles. The third-order valence-corrected chi connectivity index (χ3v) is 8.76. The van der Waals surface area contributed by atoms with Crippen LogP contribution in [0.1, 0.15) is 59.7 Å². The van der Waals surface area contributed by atoms with Crippen molar-refractivity contribution in [3.8, 4) is 17.0 Å². The fraction of sp³-hybridized carbons (Fsp3) is 0.233. The van der Waals surface area contributed by atoms with Gasteiger partial charge in [-0.1, -0.05) is 54.1 Å². The number of pyridine rings is 1. The molecule has 5 nitrogen and oxygen atoms in total. The lowest BCUT2D eigenvalue weighted by atomic mass is 9.86. The summed E-state index contributed by atoms with van der Waals surface area (Å²) in [5, 5.41) is 7.44. The number of carbonyl (C=O) groups excluding carboxylic acids is 2. The number of piperidine rings is 1. The van der Waals surface area contributed by atoms with Crippen molar-refractivity contribution >= 4 is 47.3 Å². The van der Waals surface area contributed by atoms with Gasteiger partial charge in [0, 0.05) is 33.5 Å². The van der Waals surface area contributed by atoms with E-state index in [0.29, 0.717) is 21.4 Å². The zero-order valence-electron chi connectivity index (χ0n) is 20.4. The van der Waals surface area contributed by atoms with Crippen molar-refractivity contribution in [2.45, 2.75) is 48.6 Å². The van der Waals surface area contributed by atoms with Crippen LogP contribution in [0.3, 0.4) is 0 Å². The third-order valence-electron chi connectivity index (χ3n) is 7.26. The van der Waals surface area contributed by atoms with E-state index in [1.165, 1.54) is 16.9 Å². The molecule has 6 rings (SSSR count). The van der Waals surface area contributed by atoms with E-state index in [1.54, 1.807) is 6.07 Å². The summed E-state index contributed by atoms with van der Waals surface area (Å²) in [7, 11) is 0. The molecule has 38 heavy (non-hydrogen) atoms. The Hall–Kier alpha value is -3.13. The number of halogens is 1. The number of thiol groups is 1. The Morgan fingerprint density at radius 3 is 2.66 bits per heavy atom. The summed E-state index contributed by atoms with van der Waals surface area (Å²) in [6, 6.07) is 19.1. The minimum absolute atomic E-state index is 0.177. The number of fused-ring (bicyclic) bond motifs is 1. The van der Waals surface area contributed by atoms with E-state index in [9.17, 15) is 9.59 Å². The van der Waals surface area contributed by atoms with Crippen LogP contribution in [0.15, 0.2) is 76.3 Å². The Bertz CT molecular complexity index is 1500. The smallest absolute Gasteiger partial charge is 0.237 e. The number of amides is 1. The number of nitrogens with zero attached hydrogens (tertiary/aromatic N) is 1. The zero-order chi connectivity index (χ0) is 26.2. The summed E-state index contributed by atoms with van der Waals surface area (Å²) < 4.78 is 6.49. The Labute approximate surface area is 235 Å². The first-order chi connectivity index (χ1) is 18.5. The Morgan fingerprint density at radius 2 is 1.87 bits per heavy atom. The standard InChI is InChI=1S/C30H25ClN2O3S2/c31-22-10-4-3-9-20(22)21-14-26(36-25-11-5-7-17-6-1-2-8-19(17)25)33-28(29(21)37)27-24(34)15-23(32-30(27)35)18-12-13-38-16-18/h1-4,6,8-10,12-14,16,23,25,27,37H,5,7,11,15H2,(H,32,35). The minimum Gasteiger partial charge on any atom is -0.469 e. The lowest BCUT2D eigenvalue weighted by Crippen LogP contribution is -2.43. The molecule has 0 saturated carbocycles. The first kappa shape index (κ1) is 25.2. The molecule has 192 valence electrons. The van der Waals surface area contributed by atoms with Gasteiger partial charge in [0.2, 0.25) is 11.8 Å². The second-order valence-corrected chi connectivity index (χ2v) is 11.3. The van der Waals surface area contributed by atoms with Gasteiger partial charge in [-0.3, -0.25) is 9.59 Å². The summed E-state index contributed by atoms with van der Waals surface area (Å²) in [6.07, 6.45) is 2.87. The lowest BCUT2D eigenvalue weighted by molar-refractivity contribution is -0.134. The predicted octanol–water partition coefficient (Wildman–Crippen LogP) is 7.12. The van der Waals surface area contributed by atoms with Crippen molar-refractivity contribution in [3.05, 3.63) is 98.8 Å². The van der Waals surface area contributed by atoms with Crippen molar-refractivity contribution in [2.75, 3.05) is 0 Å².